The number of rotatable bonds is 14. The molecule has 0 aromatic heterocycles. The second-order valence-corrected chi connectivity index (χ2v) is 11.2. The van der Waals surface area contributed by atoms with Gasteiger partial charge in [-0.1, -0.05) is 18.6 Å². The van der Waals surface area contributed by atoms with Gasteiger partial charge in [0.2, 0.25) is 23.6 Å². The molecule has 1 aromatic rings. The zero-order chi connectivity index (χ0) is 32.6. The van der Waals surface area contributed by atoms with Gasteiger partial charge in [0.1, 0.15) is 29.9 Å². The predicted octanol–water partition coefficient (Wildman–Crippen LogP) is -3.64. The van der Waals surface area contributed by atoms with E-state index in [-0.39, 0.29) is 38.1 Å². The number of aromatic hydroxyl groups is 1. The van der Waals surface area contributed by atoms with Gasteiger partial charge >= 0.3 is 5.97 Å². The first-order chi connectivity index (χ1) is 20.9. The number of phenolic OH excluding ortho intramolecular Hbond substituents is 1. The van der Waals surface area contributed by atoms with Gasteiger partial charge in [-0.05, 0) is 37.1 Å². The third-order valence-electron chi connectivity index (χ3n) is 7.80. The number of carboxylic acids is 1. The zero-order valence-corrected chi connectivity index (χ0v) is 24.2. The number of carboxylic acid groups (broad SMARTS) is 1. The summed E-state index contributed by atoms with van der Waals surface area (Å²) < 4.78 is 0. The van der Waals surface area contributed by atoms with Crippen molar-refractivity contribution in [1.82, 2.24) is 20.4 Å². The summed E-state index contributed by atoms with van der Waals surface area (Å²) >= 11 is 0. The number of hydrogen-bond donors (Lipinski definition) is 9. The monoisotopic (exact) mass is 622 g/mol. The van der Waals surface area contributed by atoms with Gasteiger partial charge in [0, 0.05) is 32.4 Å². The number of unbranched alkanes of at least 4 members (excludes halogenated alkanes) is 1. The van der Waals surface area contributed by atoms with E-state index in [0.717, 1.165) is 9.80 Å². The lowest BCUT2D eigenvalue weighted by atomic mass is 10.0. The lowest BCUT2D eigenvalue weighted by Gasteiger charge is -2.29. The minimum absolute atomic E-state index is 0.0432. The van der Waals surface area contributed by atoms with Crippen LogP contribution in [-0.4, -0.2) is 134 Å². The number of aliphatic hydroxyl groups is 3. The van der Waals surface area contributed by atoms with Gasteiger partial charge in [-0.15, -0.1) is 0 Å². The maximum atomic E-state index is 13.5. The van der Waals surface area contributed by atoms with Crippen LogP contribution >= 0.6 is 0 Å². The molecule has 0 unspecified atom stereocenters. The molecule has 7 atom stereocenters. The van der Waals surface area contributed by atoms with Crippen LogP contribution in [-0.2, 0) is 30.4 Å². The van der Waals surface area contributed by atoms with Crippen LogP contribution < -0.4 is 22.1 Å². The van der Waals surface area contributed by atoms with Gasteiger partial charge in [0.25, 0.3) is 0 Å². The Kier molecular flexibility index (Phi) is 12.4. The number of nitrogens with one attached hydrogen (secondary N) is 2. The maximum Gasteiger partial charge on any atom is 0.326 e. The standard InChI is InChI=1S/C28H42N6O10/c29-8-2-1-3-19(30)26(41)33-12-17(37)10-22(33)25(40)32-21(14-35)24(39)31-20(9-15-4-6-16(36)7-5-15)27(42)34-13-18(38)11-23(34)28(43)44/h4-7,17-23,35-38H,1-3,8-14,29-30H2,(H,31,39)(H,32,40)(H,43,44)/t17-,18-,19+,20+,21+,22+,23+/m1/s1. The van der Waals surface area contributed by atoms with Gasteiger partial charge in [-0.2, -0.15) is 0 Å². The van der Waals surface area contributed by atoms with Crippen molar-refractivity contribution >= 4 is 29.6 Å². The van der Waals surface area contributed by atoms with Gasteiger partial charge in [0.05, 0.1) is 24.9 Å². The number of phenols is 1. The third kappa shape index (κ3) is 8.86. The van der Waals surface area contributed by atoms with Gasteiger partial charge in [-0.3, -0.25) is 19.2 Å². The van der Waals surface area contributed by atoms with Gasteiger partial charge in [-0.25, -0.2) is 4.79 Å². The van der Waals surface area contributed by atoms with E-state index in [1.54, 1.807) is 0 Å². The van der Waals surface area contributed by atoms with Crippen molar-refractivity contribution in [2.75, 3.05) is 26.2 Å². The van der Waals surface area contributed by atoms with Crippen LogP contribution in [0.2, 0.25) is 0 Å². The molecule has 11 N–H and O–H groups in total. The van der Waals surface area contributed by atoms with Crippen LogP contribution in [0.4, 0.5) is 0 Å². The van der Waals surface area contributed by atoms with Crippen LogP contribution in [0.15, 0.2) is 24.3 Å². The van der Waals surface area contributed by atoms with Crippen molar-refractivity contribution in [3.63, 3.8) is 0 Å². The van der Waals surface area contributed by atoms with Crippen molar-refractivity contribution in [3.8, 4) is 5.75 Å². The number of benzene rings is 1. The minimum Gasteiger partial charge on any atom is -0.508 e. The first-order valence-electron chi connectivity index (χ1n) is 14.5. The van der Waals surface area contributed by atoms with E-state index in [9.17, 15) is 49.5 Å². The van der Waals surface area contributed by atoms with Crippen LogP contribution in [0.1, 0.15) is 37.7 Å². The van der Waals surface area contributed by atoms with E-state index in [1.807, 2.05) is 0 Å². The normalized spacial score (nSPS) is 23.6. The van der Waals surface area contributed by atoms with Crippen molar-refractivity contribution in [1.29, 1.82) is 0 Å². The fraction of sp³-hybridized carbons (Fsp3) is 0.607. The SMILES string of the molecule is NCCCC[C@H](N)C(=O)N1C[C@H](O)C[C@H]1C(=O)N[C@@H](CO)C(=O)N[C@@H](Cc1ccc(O)cc1)C(=O)N1C[C@H](O)C[C@H]1C(=O)O. The highest BCUT2D eigenvalue weighted by Gasteiger charge is 2.43. The summed E-state index contributed by atoms with van der Waals surface area (Å²) in [5, 5.41) is 54.2. The molecule has 4 amide bonds. The Morgan fingerprint density at radius 2 is 1.48 bits per heavy atom. The molecule has 2 fully saturated rings. The first kappa shape index (κ1) is 34.7. The molecule has 0 radical (unpaired) electrons. The fourth-order valence-corrected chi connectivity index (χ4v) is 5.44. The second-order valence-electron chi connectivity index (χ2n) is 11.2. The Morgan fingerprint density at radius 1 is 0.886 bits per heavy atom. The largest absolute Gasteiger partial charge is 0.508 e. The van der Waals surface area contributed by atoms with Crippen LogP contribution in [0.3, 0.4) is 0 Å². The molecule has 0 spiro atoms. The molecule has 16 heteroatoms. The minimum atomic E-state index is -1.58. The number of nitrogens with zero attached hydrogens (tertiary/aromatic N) is 2. The zero-order valence-electron chi connectivity index (χ0n) is 24.2. The van der Waals surface area contributed by atoms with E-state index in [0.29, 0.717) is 31.4 Å². The van der Waals surface area contributed by atoms with E-state index < -0.39 is 78.6 Å². The lowest BCUT2D eigenvalue weighted by molar-refractivity contribution is -0.149. The Bertz CT molecular complexity index is 1180. The predicted molar refractivity (Wildman–Crippen MR) is 154 cm³/mol. The summed E-state index contributed by atoms with van der Waals surface area (Å²) in [7, 11) is 0. The van der Waals surface area contributed by atoms with Crippen molar-refractivity contribution in [2.45, 2.75) is 80.9 Å². The average molecular weight is 623 g/mol. The number of aliphatic hydroxyl groups excluding tert-OH is 3. The fourth-order valence-electron chi connectivity index (χ4n) is 5.44. The highest BCUT2D eigenvalue weighted by molar-refractivity contribution is 5.96. The molecular weight excluding hydrogens is 580 g/mol. The summed E-state index contributed by atoms with van der Waals surface area (Å²) in [4.78, 5) is 66.8. The van der Waals surface area contributed by atoms with Crippen molar-refractivity contribution in [3.05, 3.63) is 29.8 Å². The van der Waals surface area contributed by atoms with E-state index in [2.05, 4.69) is 10.6 Å². The van der Waals surface area contributed by atoms with Crippen molar-refractivity contribution in [2.24, 2.45) is 11.5 Å². The average Bonchev–Trinajstić information content (AvgIpc) is 3.58. The first-order valence-corrected chi connectivity index (χ1v) is 14.5. The highest BCUT2D eigenvalue weighted by Crippen LogP contribution is 2.22. The molecule has 3 rings (SSSR count). The summed E-state index contributed by atoms with van der Waals surface area (Å²) in [6, 6.07) is -0.653. The van der Waals surface area contributed by atoms with Crippen LogP contribution in [0.5, 0.6) is 5.75 Å². The van der Waals surface area contributed by atoms with Crippen LogP contribution in [0.25, 0.3) is 0 Å². The molecule has 2 aliphatic heterocycles. The van der Waals surface area contributed by atoms with Crippen molar-refractivity contribution < 1.29 is 49.5 Å². The highest BCUT2D eigenvalue weighted by atomic mass is 16.4. The number of nitrogens with two attached hydrogens (primary N) is 2. The molecule has 0 aliphatic carbocycles. The number of likely N-dealkylation sites (tertiary alicyclic amines) is 2. The summed E-state index contributed by atoms with van der Waals surface area (Å²) in [5.41, 5.74) is 12.0. The third-order valence-corrected chi connectivity index (χ3v) is 7.80. The maximum absolute atomic E-state index is 13.5. The molecule has 2 aliphatic rings. The number of amides is 4. The number of hydrogen-bond acceptors (Lipinski definition) is 11. The smallest absolute Gasteiger partial charge is 0.326 e. The Labute approximate surface area is 254 Å². The molecular formula is C28H42N6O10. The number of carbonyl (C=O) groups is 5. The molecule has 1 aromatic carbocycles. The molecule has 2 saturated heterocycles. The van der Waals surface area contributed by atoms with E-state index in [1.165, 1.54) is 24.3 Å². The molecule has 0 saturated carbocycles. The Balaban J connectivity index is 1.75. The lowest BCUT2D eigenvalue weighted by Crippen LogP contribution is -2.59. The summed E-state index contributed by atoms with van der Waals surface area (Å²) in [6.45, 7) is -0.881. The summed E-state index contributed by atoms with van der Waals surface area (Å²) in [6.07, 6.45) is -0.990. The molecule has 0 bridgehead atoms. The molecule has 2 heterocycles. The van der Waals surface area contributed by atoms with Gasteiger partial charge in [0.15, 0.2) is 0 Å². The Morgan fingerprint density at radius 3 is 2.05 bits per heavy atom. The van der Waals surface area contributed by atoms with E-state index >= 15 is 0 Å². The quantitative estimate of drug-likeness (QED) is 0.0910. The molecule has 44 heavy (non-hydrogen) atoms. The van der Waals surface area contributed by atoms with Gasteiger partial charge < -0.3 is 57.4 Å². The molecule has 16 nitrogen and oxygen atoms in total. The Hall–Kier alpha value is -3.83. The van der Waals surface area contributed by atoms with Crippen LogP contribution in [0, 0.1) is 0 Å². The number of carbonyl (C=O) groups excluding carboxylic acids is 4. The number of β-amino-alcohol motifs (C(OH)–C–C–N with tert-alkyl or cyclic N) is 2. The summed E-state index contributed by atoms with van der Waals surface area (Å²) in [5.74, 6) is -4.53. The second kappa shape index (κ2) is 15.8. The topological polar surface area (TPSA) is 269 Å². The van der Waals surface area contributed by atoms with E-state index in [4.69, 9.17) is 11.5 Å². The number of aliphatic carboxylic acids is 1. The molecule has 244 valence electrons.